The summed E-state index contributed by atoms with van der Waals surface area (Å²) in [5.74, 6) is 2.57. The Labute approximate surface area is 385 Å². The van der Waals surface area contributed by atoms with Gasteiger partial charge in [0.05, 0.1) is 0 Å². The Morgan fingerprint density at radius 2 is 0.701 bits per heavy atom. The summed E-state index contributed by atoms with van der Waals surface area (Å²) in [6, 6.07) is 80.2. The molecule has 0 aliphatic rings. The van der Waals surface area contributed by atoms with Crippen molar-refractivity contribution in [3.63, 3.8) is 0 Å². The van der Waals surface area contributed by atoms with Crippen molar-refractivity contribution < 1.29 is 4.42 Å². The summed E-state index contributed by atoms with van der Waals surface area (Å²) in [6.07, 6.45) is 0. The second-order valence-electron chi connectivity index (χ2n) is 17.5. The van der Waals surface area contributed by atoms with Gasteiger partial charge in [0.2, 0.25) is 0 Å². The van der Waals surface area contributed by atoms with Gasteiger partial charge >= 0.3 is 0 Å². The Kier molecular flexibility index (Phi) is 8.25. The number of benzene rings is 11. The van der Waals surface area contributed by atoms with Gasteiger partial charge in [-0.25, -0.2) is 15.0 Å². The predicted octanol–water partition coefficient (Wildman–Crippen LogP) is 17.0. The molecule has 310 valence electrons. The van der Waals surface area contributed by atoms with E-state index in [1.54, 1.807) is 0 Å². The molecular formula is C63H37N3O. The summed E-state index contributed by atoms with van der Waals surface area (Å²) < 4.78 is 6.35. The fraction of sp³-hybridized carbons (Fsp3) is 0. The highest BCUT2D eigenvalue weighted by Crippen LogP contribution is 2.45. The molecule has 12 aromatic carbocycles. The molecule has 2 heterocycles. The molecule has 0 N–H and O–H groups in total. The van der Waals surface area contributed by atoms with Crippen LogP contribution in [0.4, 0.5) is 0 Å². The SMILES string of the molecule is c1ccc(-c2nc(-c3ccc(-c4ccc(-c5cc6ccc7cccc8c9cccc%10ccc%11cccc(c(c5)c6c78)c%11c%109)cc4)cc3)nc(-c3ccccc3-c3cc4ccccc4o3)n2)cc1. The Hall–Kier alpha value is -8.99. The molecule has 0 amide bonds. The lowest BCUT2D eigenvalue weighted by Crippen LogP contribution is -2.01. The maximum absolute atomic E-state index is 6.35. The molecule has 0 radical (unpaired) electrons. The number of aromatic nitrogens is 3. The Balaban J connectivity index is 0.857. The smallest absolute Gasteiger partial charge is 0.164 e. The van der Waals surface area contributed by atoms with Crippen LogP contribution in [0.15, 0.2) is 229 Å². The lowest BCUT2D eigenvalue weighted by Gasteiger charge is -2.17. The van der Waals surface area contributed by atoms with E-state index in [9.17, 15) is 0 Å². The van der Waals surface area contributed by atoms with Crippen LogP contribution in [0.5, 0.6) is 0 Å². The van der Waals surface area contributed by atoms with Crippen molar-refractivity contribution in [1.29, 1.82) is 0 Å². The van der Waals surface area contributed by atoms with Crippen LogP contribution < -0.4 is 0 Å². The van der Waals surface area contributed by atoms with Crippen molar-refractivity contribution in [2.75, 3.05) is 0 Å². The summed E-state index contributed by atoms with van der Waals surface area (Å²) >= 11 is 0. The highest BCUT2D eigenvalue weighted by molar-refractivity contribution is 6.37. The summed E-state index contributed by atoms with van der Waals surface area (Å²) in [6.45, 7) is 0. The third kappa shape index (κ3) is 6.04. The first kappa shape index (κ1) is 37.4. The summed E-state index contributed by atoms with van der Waals surface area (Å²) in [5.41, 5.74) is 9.08. The van der Waals surface area contributed by atoms with Gasteiger partial charge in [0.15, 0.2) is 17.5 Å². The van der Waals surface area contributed by atoms with Gasteiger partial charge in [-0.15, -0.1) is 0 Å². The molecule has 0 aliphatic carbocycles. The van der Waals surface area contributed by atoms with Gasteiger partial charge in [-0.05, 0) is 111 Å². The molecule has 67 heavy (non-hydrogen) atoms. The molecule has 4 nitrogen and oxygen atoms in total. The molecule has 0 saturated heterocycles. The van der Waals surface area contributed by atoms with Crippen LogP contribution in [0.25, 0.3) is 143 Å². The Morgan fingerprint density at radius 1 is 0.254 bits per heavy atom. The predicted molar refractivity (Wildman–Crippen MR) is 278 cm³/mol. The van der Waals surface area contributed by atoms with Gasteiger partial charge in [0.1, 0.15) is 11.3 Å². The number of rotatable bonds is 6. The molecule has 0 aliphatic heterocycles. The largest absolute Gasteiger partial charge is 0.456 e. The first-order chi connectivity index (χ1) is 33.2. The van der Waals surface area contributed by atoms with Gasteiger partial charge in [-0.3, -0.25) is 0 Å². The van der Waals surface area contributed by atoms with E-state index in [2.05, 4.69) is 164 Å². The first-order valence-corrected chi connectivity index (χ1v) is 22.7. The highest BCUT2D eigenvalue weighted by atomic mass is 16.3. The van der Waals surface area contributed by atoms with Crippen LogP contribution in [-0.2, 0) is 0 Å². The van der Waals surface area contributed by atoms with Crippen molar-refractivity contribution >= 4 is 75.6 Å². The topological polar surface area (TPSA) is 51.8 Å². The third-order valence-corrected chi connectivity index (χ3v) is 13.6. The maximum Gasteiger partial charge on any atom is 0.164 e. The number of furan rings is 1. The molecule has 4 heteroatoms. The molecule has 14 aromatic rings. The zero-order chi connectivity index (χ0) is 44.0. The van der Waals surface area contributed by atoms with Crippen LogP contribution >= 0.6 is 0 Å². The second-order valence-corrected chi connectivity index (χ2v) is 17.5. The van der Waals surface area contributed by atoms with E-state index in [4.69, 9.17) is 19.4 Å². The molecule has 0 fully saturated rings. The van der Waals surface area contributed by atoms with Crippen molar-refractivity contribution in [2.45, 2.75) is 0 Å². The van der Waals surface area contributed by atoms with Crippen molar-refractivity contribution in [1.82, 2.24) is 15.0 Å². The fourth-order valence-corrected chi connectivity index (χ4v) is 10.5. The fourth-order valence-electron chi connectivity index (χ4n) is 10.5. The van der Waals surface area contributed by atoms with E-state index >= 15 is 0 Å². The Morgan fingerprint density at radius 3 is 1.31 bits per heavy atom. The van der Waals surface area contributed by atoms with Crippen LogP contribution in [0.3, 0.4) is 0 Å². The lowest BCUT2D eigenvalue weighted by atomic mass is 9.86. The van der Waals surface area contributed by atoms with Gasteiger partial charge in [0.25, 0.3) is 0 Å². The van der Waals surface area contributed by atoms with Crippen LogP contribution in [0.1, 0.15) is 0 Å². The monoisotopic (exact) mass is 851 g/mol. The third-order valence-electron chi connectivity index (χ3n) is 13.6. The van der Waals surface area contributed by atoms with E-state index < -0.39 is 0 Å². The van der Waals surface area contributed by atoms with E-state index in [1.807, 2.05) is 60.7 Å². The lowest BCUT2D eigenvalue weighted by molar-refractivity contribution is 0.631. The van der Waals surface area contributed by atoms with Crippen LogP contribution in [0.2, 0.25) is 0 Å². The van der Waals surface area contributed by atoms with Crippen LogP contribution in [0, 0.1) is 0 Å². The first-order valence-electron chi connectivity index (χ1n) is 22.7. The van der Waals surface area contributed by atoms with E-state index in [-0.39, 0.29) is 0 Å². The quantitative estimate of drug-likeness (QED) is 0.156. The normalized spacial score (nSPS) is 11.9. The zero-order valence-electron chi connectivity index (χ0n) is 36.1. The van der Waals surface area contributed by atoms with E-state index in [0.717, 1.165) is 50.1 Å². The minimum absolute atomic E-state index is 0.584. The standard InChI is InChI=1S/C63H37N3O/c1-2-11-44(12-3-1)61-64-62(66-63(65-61)53-18-6-5-17-49(53)56-37-46-13-4-7-22-55(46)67-56)45-32-27-39(28-33-45)38-23-25-40(26-24-38)48-35-47-34-31-43-15-9-20-51-50-19-8-14-41-29-30-42-16-10-21-52(59(42)57(41)50)54(36-48)60(47)58(43)51/h1-37H. The van der Waals surface area contributed by atoms with Crippen molar-refractivity contribution in [2.24, 2.45) is 0 Å². The van der Waals surface area contributed by atoms with Gasteiger partial charge in [0, 0.05) is 27.6 Å². The van der Waals surface area contributed by atoms with Gasteiger partial charge in [-0.1, -0.05) is 200 Å². The maximum atomic E-state index is 6.35. The minimum atomic E-state index is 0.584. The Bertz CT molecular complexity index is 4210. The molecule has 0 atom stereocenters. The summed E-state index contributed by atoms with van der Waals surface area (Å²) in [7, 11) is 0. The van der Waals surface area contributed by atoms with Gasteiger partial charge in [-0.2, -0.15) is 0 Å². The molecule has 0 bridgehead atoms. The molecule has 2 aromatic heterocycles. The molecule has 0 saturated carbocycles. The average molecular weight is 852 g/mol. The summed E-state index contributed by atoms with van der Waals surface area (Å²) in [5, 5.41) is 16.5. The number of fused-ring (bicyclic) bond motifs is 3. The van der Waals surface area contributed by atoms with Crippen LogP contribution in [-0.4, -0.2) is 15.0 Å². The zero-order valence-corrected chi connectivity index (χ0v) is 36.1. The second kappa shape index (κ2) is 14.8. The van der Waals surface area contributed by atoms with E-state index in [1.165, 1.54) is 75.8 Å². The molecule has 0 spiro atoms. The van der Waals surface area contributed by atoms with E-state index in [0.29, 0.717) is 17.5 Å². The summed E-state index contributed by atoms with van der Waals surface area (Å²) in [4.78, 5) is 15.2. The number of nitrogens with zero attached hydrogens (tertiary/aromatic N) is 3. The van der Waals surface area contributed by atoms with Crippen molar-refractivity contribution in [3.8, 4) is 67.7 Å². The highest BCUT2D eigenvalue weighted by Gasteiger charge is 2.19. The number of hydrogen-bond donors (Lipinski definition) is 0. The molecule has 14 rings (SSSR count). The number of para-hydroxylation sites is 1. The van der Waals surface area contributed by atoms with Gasteiger partial charge < -0.3 is 4.42 Å². The number of hydrogen-bond acceptors (Lipinski definition) is 4. The molecule has 0 unspecified atom stereocenters. The minimum Gasteiger partial charge on any atom is -0.456 e. The van der Waals surface area contributed by atoms with Crippen molar-refractivity contribution in [3.05, 3.63) is 224 Å². The average Bonchev–Trinajstić information content (AvgIpc) is 3.84. The molecular weight excluding hydrogens is 815 g/mol.